The third kappa shape index (κ3) is 2.38. The molecule has 0 bridgehead atoms. The summed E-state index contributed by atoms with van der Waals surface area (Å²) in [5.41, 5.74) is 1.47. The fraction of sp³-hybridized carbons (Fsp3) is 0.333. The number of urea groups is 1. The lowest BCUT2D eigenvalue weighted by molar-refractivity contribution is -0.136. The molecule has 0 unspecified atom stereocenters. The smallest absolute Gasteiger partial charge is 0.324 e. The average Bonchev–Trinajstić information content (AvgIpc) is 2.59. The Bertz CT molecular complexity index is 459. The van der Waals surface area contributed by atoms with Crippen LogP contribution in [-0.4, -0.2) is 42.1 Å². The van der Waals surface area contributed by atoms with Gasteiger partial charge in [0.2, 0.25) is 0 Å². The number of benzene rings is 1. The SMILES string of the molecule is CN1CCN(c2cccc(CC(=O)O)c2)C1=O. The number of hydrogen-bond donors (Lipinski definition) is 1. The Morgan fingerprint density at radius 2 is 2.18 bits per heavy atom. The molecule has 1 aromatic rings. The van der Waals surface area contributed by atoms with Gasteiger partial charge in [0.05, 0.1) is 6.42 Å². The minimum Gasteiger partial charge on any atom is -0.481 e. The van der Waals surface area contributed by atoms with Crippen LogP contribution in [0.25, 0.3) is 0 Å². The van der Waals surface area contributed by atoms with Crippen molar-refractivity contribution in [3.8, 4) is 0 Å². The van der Waals surface area contributed by atoms with E-state index in [0.717, 1.165) is 5.69 Å². The third-order valence-corrected chi connectivity index (χ3v) is 2.79. The molecule has 90 valence electrons. The Morgan fingerprint density at radius 1 is 1.41 bits per heavy atom. The number of rotatable bonds is 3. The highest BCUT2D eigenvalue weighted by Crippen LogP contribution is 2.20. The van der Waals surface area contributed by atoms with Crippen LogP contribution >= 0.6 is 0 Å². The predicted molar refractivity (Wildman–Crippen MR) is 63.2 cm³/mol. The summed E-state index contributed by atoms with van der Waals surface area (Å²) in [5, 5.41) is 8.73. The van der Waals surface area contributed by atoms with Crippen molar-refractivity contribution in [2.45, 2.75) is 6.42 Å². The number of carbonyl (C=O) groups is 2. The van der Waals surface area contributed by atoms with Crippen LogP contribution in [0.3, 0.4) is 0 Å². The molecule has 1 heterocycles. The van der Waals surface area contributed by atoms with Crippen LogP contribution in [0.1, 0.15) is 5.56 Å². The van der Waals surface area contributed by atoms with Crippen molar-refractivity contribution >= 4 is 17.7 Å². The van der Waals surface area contributed by atoms with Gasteiger partial charge in [-0.05, 0) is 17.7 Å². The van der Waals surface area contributed by atoms with E-state index in [1.807, 2.05) is 6.07 Å². The molecule has 5 nitrogen and oxygen atoms in total. The van der Waals surface area contributed by atoms with E-state index >= 15 is 0 Å². The molecule has 2 amide bonds. The zero-order valence-electron chi connectivity index (χ0n) is 9.59. The molecular weight excluding hydrogens is 220 g/mol. The van der Waals surface area contributed by atoms with Crippen LogP contribution in [0.4, 0.5) is 10.5 Å². The molecular formula is C12H14N2O3. The van der Waals surface area contributed by atoms with Gasteiger partial charge in [-0.1, -0.05) is 12.1 Å². The van der Waals surface area contributed by atoms with Crippen LogP contribution in [0.5, 0.6) is 0 Å². The molecule has 1 aromatic carbocycles. The molecule has 5 heteroatoms. The minimum absolute atomic E-state index is 0.0221. The number of amides is 2. The second kappa shape index (κ2) is 4.45. The van der Waals surface area contributed by atoms with E-state index in [1.54, 1.807) is 35.0 Å². The molecule has 1 fully saturated rings. The standard InChI is InChI=1S/C12H14N2O3/c1-13-5-6-14(12(13)17)10-4-2-3-9(7-10)8-11(15)16/h2-4,7H,5-6,8H2,1H3,(H,15,16). The van der Waals surface area contributed by atoms with E-state index in [2.05, 4.69) is 0 Å². The molecule has 1 N–H and O–H groups in total. The molecule has 0 atom stereocenters. The Labute approximate surface area is 99.3 Å². The predicted octanol–water partition coefficient (Wildman–Crippen LogP) is 1.19. The molecule has 0 aliphatic carbocycles. The Balaban J connectivity index is 2.21. The van der Waals surface area contributed by atoms with Crippen LogP contribution < -0.4 is 4.90 Å². The zero-order chi connectivity index (χ0) is 12.4. The summed E-state index contributed by atoms with van der Waals surface area (Å²) < 4.78 is 0. The van der Waals surface area contributed by atoms with E-state index in [0.29, 0.717) is 18.7 Å². The molecule has 1 aliphatic heterocycles. The maximum atomic E-state index is 11.8. The normalized spacial score (nSPS) is 15.5. The van der Waals surface area contributed by atoms with Gasteiger partial charge < -0.3 is 10.0 Å². The van der Waals surface area contributed by atoms with Gasteiger partial charge in [0.15, 0.2) is 0 Å². The first-order valence-corrected chi connectivity index (χ1v) is 5.41. The zero-order valence-corrected chi connectivity index (χ0v) is 9.59. The van der Waals surface area contributed by atoms with Gasteiger partial charge in [-0.25, -0.2) is 4.79 Å². The lowest BCUT2D eigenvalue weighted by Crippen LogP contribution is -2.29. The first-order valence-electron chi connectivity index (χ1n) is 5.41. The van der Waals surface area contributed by atoms with Gasteiger partial charge >= 0.3 is 12.0 Å². The van der Waals surface area contributed by atoms with E-state index < -0.39 is 5.97 Å². The number of carbonyl (C=O) groups excluding carboxylic acids is 1. The van der Waals surface area contributed by atoms with Gasteiger partial charge in [0.25, 0.3) is 0 Å². The van der Waals surface area contributed by atoms with E-state index in [1.165, 1.54) is 0 Å². The van der Waals surface area contributed by atoms with E-state index in [4.69, 9.17) is 5.11 Å². The first kappa shape index (κ1) is 11.4. The number of anilines is 1. The molecule has 1 saturated heterocycles. The monoisotopic (exact) mass is 234 g/mol. The molecule has 2 rings (SSSR count). The Morgan fingerprint density at radius 3 is 2.76 bits per heavy atom. The summed E-state index contributed by atoms with van der Waals surface area (Å²) in [6.07, 6.45) is -0.0221. The molecule has 1 aliphatic rings. The molecule has 0 aromatic heterocycles. The minimum atomic E-state index is -0.869. The summed E-state index contributed by atoms with van der Waals surface area (Å²) in [6.45, 7) is 1.34. The number of carboxylic acid groups (broad SMARTS) is 1. The maximum Gasteiger partial charge on any atom is 0.324 e. The van der Waals surface area contributed by atoms with Gasteiger partial charge in [0.1, 0.15) is 0 Å². The van der Waals surface area contributed by atoms with Gasteiger partial charge in [-0.2, -0.15) is 0 Å². The summed E-state index contributed by atoms with van der Waals surface area (Å²) in [7, 11) is 1.75. The summed E-state index contributed by atoms with van der Waals surface area (Å²) in [5.74, 6) is -0.869. The largest absolute Gasteiger partial charge is 0.481 e. The van der Waals surface area contributed by atoms with Gasteiger partial charge in [-0.15, -0.1) is 0 Å². The number of nitrogens with zero attached hydrogens (tertiary/aromatic N) is 2. The fourth-order valence-corrected chi connectivity index (χ4v) is 1.90. The topological polar surface area (TPSA) is 60.9 Å². The lowest BCUT2D eigenvalue weighted by Gasteiger charge is -2.16. The van der Waals surface area contributed by atoms with Crippen LogP contribution in [0, 0.1) is 0 Å². The number of carboxylic acids is 1. The molecule has 17 heavy (non-hydrogen) atoms. The highest BCUT2D eigenvalue weighted by Gasteiger charge is 2.26. The third-order valence-electron chi connectivity index (χ3n) is 2.79. The van der Waals surface area contributed by atoms with Crippen molar-refractivity contribution in [2.75, 3.05) is 25.0 Å². The van der Waals surface area contributed by atoms with E-state index in [-0.39, 0.29) is 12.5 Å². The van der Waals surface area contributed by atoms with Crippen molar-refractivity contribution in [1.29, 1.82) is 0 Å². The Hall–Kier alpha value is -2.04. The molecule has 0 radical (unpaired) electrons. The van der Waals surface area contributed by atoms with Crippen molar-refractivity contribution in [3.05, 3.63) is 29.8 Å². The Kier molecular flexibility index (Phi) is 2.99. The van der Waals surface area contributed by atoms with Gasteiger partial charge in [0, 0.05) is 25.8 Å². The van der Waals surface area contributed by atoms with Crippen molar-refractivity contribution in [1.82, 2.24) is 4.90 Å². The maximum absolute atomic E-state index is 11.8. The molecule has 0 saturated carbocycles. The quantitative estimate of drug-likeness (QED) is 0.854. The summed E-state index contributed by atoms with van der Waals surface area (Å²) in [4.78, 5) is 25.7. The highest BCUT2D eigenvalue weighted by molar-refractivity contribution is 5.94. The average molecular weight is 234 g/mol. The summed E-state index contributed by atoms with van der Waals surface area (Å²) >= 11 is 0. The van der Waals surface area contributed by atoms with Crippen LogP contribution in [0.2, 0.25) is 0 Å². The number of aliphatic carboxylic acids is 1. The van der Waals surface area contributed by atoms with Crippen molar-refractivity contribution in [2.24, 2.45) is 0 Å². The fourth-order valence-electron chi connectivity index (χ4n) is 1.90. The van der Waals surface area contributed by atoms with E-state index in [9.17, 15) is 9.59 Å². The van der Waals surface area contributed by atoms with Crippen molar-refractivity contribution in [3.63, 3.8) is 0 Å². The summed E-state index contributed by atoms with van der Waals surface area (Å²) in [6, 6.07) is 7.06. The second-order valence-electron chi connectivity index (χ2n) is 4.10. The number of hydrogen-bond acceptors (Lipinski definition) is 2. The number of likely N-dealkylation sites (N-methyl/N-ethyl adjacent to an activating group) is 1. The molecule has 0 spiro atoms. The lowest BCUT2D eigenvalue weighted by atomic mass is 10.1. The van der Waals surface area contributed by atoms with Gasteiger partial charge in [-0.3, -0.25) is 9.69 Å². The van der Waals surface area contributed by atoms with Crippen LogP contribution in [0.15, 0.2) is 24.3 Å². The highest BCUT2D eigenvalue weighted by atomic mass is 16.4. The second-order valence-corrected chi connectivity index (χ2v) is 4.10. The van der Waals surface area contributed by atoms with Crippen LogP contribution in [-0.2, 0) is 11.2 Å². The van der Waals surface area contributed by atoms with Crippen molar-refractivity contribution < 1.29 is 14.7 Å². The first-order chi connectivity index (χ1) is 8.08.